The Morgan fingerprint density at radius 1 is 1.31 bits per heavy atom. The predicted molar refractivity (Wildman–Crippen MR) is 52.7 cm³/mol. The van der Waals surface area contributed by atoms with Gasteiger partial charge in [0.2, 0.25) is 0 Å². The van der Waals surface area contributed by atoms with E-state index >= 15 is 0 Å². The normalized spacial score (nSPS) is 14.9. The van der Waals surface area contributed by atoms with Gasteiger partial charge in [0.05, 0.1) is 0 Å². The minimum Gasteiger partial charge on any atom is -0.347 e. The number of benzene rings is 1. The molecule has 0 aliphatic carbocycles. The standard InChI is InChI=1S/C11H11NO/c13-9-3-7-12-8-6-10-4-1-2-5-11(10)12/h1-5,7,9H,6,8H2/b7-3+. The number of para-hydroxylation sites is 1. The van der Waals surface area contributed by atoms with Crippen molar-refractivity contribution >= 4 is 12.0 Å². The molecule has 0 bridgehead atoms. The third kappa shape index (κ3) is 1.47. The van der Waals surface area contributed by atoms with Gasteiger partial charge in [-0.05, 0) is 24.1 Å². The second kappa shape index (κ2) is 3.44. The number of carbonyl (C=O) groups is 1. The molecule has 0 saturated heterocycles. The summed E-state index contributed by atoms with van der Waals surface area (Å²) in [6, 6.07) is 8.28. The summed E-state index contributed by atoms with van der Waals surface area (Å²) in [5.74, 6) is 0. The van der Waals surface area contributed by atoms with Gasteiger partial charge in [0.15, 0.2) is 0 Å². The Hall–Kier alpha value is -1.57. The molecule has 1 heterocycles. The largest absolute Gasteiger partial charge is 0.347 e. The minimum atomic E-state index is 0.806. The van der Waals surface area contributed by atoms with E-state index in [4.69, 9.17) is 0 Å². The number of rotatable bonds is 2. The van der Waals surface area contributed by atoms with Crippen LogP contribution >= 0.6 is 0 Å². The van der Waals surface area contributed by atoms with Crippen LogP contribution in [0.2, 0.25) is 0 Å². The third-order valence-electron chi connectivity index (χ3n) is 2.27. The molecule has 2 heteroatoms. The lowest BCUT2D eigenvalue weighted by Crippen LogP contribution is -2.11. The highest BCUT2D eigenvalue weighted by Gasteiger charge is 2.15. The van der Waals surface area contributed by atoms with Crippen LogP contribution in [0.1, 0.15) is 5.56 Å². The highest BCUT2D eigenvalue weighted by Crippen LogP contribution is 2.27. The highest BCUT2D eigenvalue weighted by atomic mass is 16.1. The van der Waals surface area contributed by atoms with E-state index in [1.54, 1.807) is 0 Å². The first-order valence-corrected chi connectivity index (χ1v) is 4.38. The molecule has 0 saturated carbocycles. The monoisotopic (exact) mass is 173 g/mol. The molecule has 0 radical (unpaired) electrons. The van der Waals surface area contributed by atoms with Crippen molar-refractivity contribution < 1.29 is 4.79 Å². The van der Waals surface area contributed by atoms with Crippen molar-refractivity contribution in [3.05, 3.63) is 42.1 Å². The molecule has 0 unspecified atom stereocenters. The average Bonchev–Trinajstić information content (AvgIpc) is 2.58. The summed E-state index contributed by atoms with van der Waals surface area (Å²) in [6.07, 6.45) is 5.24. The summed E-state index contributed by atoms with van der Waals surface area (Å²) in [6.45, 7) is 0.976. The molecule has 1 aromatic rings. The molecule has 1 aromatic carbocycles. The van der Waals surface area contributed by atoms with E-state index in [2.05, 4.69) is 17.0 Å². The topological polar surface area (TPSA) is 20.3 Å². The lowest BCUT2D eigenvalue weighted by molar-refractivity contribution is -0.104. The molecule has 1 aliphatic heterocycles. The van der Waals surface area contributed by atoms with Crippen molar-refractivity contribution in [2.75, 3.05) is 11.4 Å². The van der Waals surface area contributed by atoms with E-state index in [1.807, 2.05) is 18.3 Å². The number of hydrogen-bond acceptors (Lipinski definition) is 2. The fourth-order valence-corrected chi connectivity index (χ4v) is 1.66. The van der Waals surface area contributed by atoms with Gasteiger partial charge in [-0.2, -0.15) is 0 Å². The maximum atomic E-state index is 10.2. The van der Waals surface area contributed by atoms with Gasteiger partial charge in [0.25, 0.3) is 0 Å². The molecular weight excluding hydrogens is 162 g/mol. The van der Waals surface area contributed by atoms with E-state index in [0.717, 1.165) is 19.3 Å². The molecule has 0 aromatic heterocycles. The highest BCUT2D eigenvalue weighted by molar-refractivity contribution is 5.68. The molecule has 0 amide bonds. The molecule has 0 N–H and O–H groups in total. The van der Waals surface area contributed by atoms with Crippen molar-refractivity contribution in [3.63, 3.8) is 0 Å². The number of nitrogens with zero attached hydrogens (tertiary/aromatic N) is 1. The van der Waals surface area contributed by atoms with Crippen LogP contribution in [0.5, 0.6) is 0 Å². The molecule has 0 spiro atoms. The Kier molecular flexibility index (Phi) is 2.13. The minimum absolute atomic E-state index is 0.806. The second-order valence-corrected chi connectivity index (χ2v) is 3.05. The van der Waals surface area contributed by atoms with Crippen molar-refractivity contribution in [2.45, 2.75) is 6.42 Å². The first-order chi connectivity index (χ1) is 6.42. The zero-order chi connectivity index (χ0) is 9.10. The van der Waals surface area contributed by atoms with Crippen LogP contribution in [0, 0.1) is 0 Å². The number of hydrogen-bond donors (Lipinski definition) is 0. The van der Waals surface area contributed by atoms with E-state index in [9.17, 15) is 4.79 Å². The maximum absolute atomic E-state index is 10.2. The Labute approximate surface area is 77.5 Å². The predicted octanol–water partition coefficient (Wildman–Crippen LogP) is 1.76. The fraction of sp³-hybridized carbons (Fsp3) is 0.182. The van der Waals surface area contributed by atoms with Gasteiger partial charge in [-0.3, -0.25) is 4.79 Å². The van der Waals surface area contributed by atoms with Crippen molar-refractivity contribution in [3.8, 4) is 0 Å². The van der Waals surface area contributed by atoms with E-state index in [1.165, 1.54) is 17.3 Å². The molecule has 0 fully saturated rings. The van der Waals surface area contributed by atoms with Crippen LogP contribution in [0.15, 0.2) is 36.5 Å². The first-order valence-electron chi connectivity index (χ1n) is 4.38. The van der Waals surface area contributed by atoms with Gasteiger partial charge in [-0.25, -0.2) is 0 Å². The van der Waals surface area contributed by atoms with Gasteiger partial charge >= 0.3 is 0 Å². The maximum Gasteiger partial charge on any atom is 0.144 e. The van der Waals surface area contributed by atoms with Crippen LogP contribution in [0.4, 0.5) is 5.69 Å². The zero-order valence-corrected chi connectivity index (χ0v) is 7.31. The van der Waals surface area contributed by atoms with Crippen LogP contribution in [-0.2, 0) is 11.2 Å². The summed E-state index contributed by atoms with van der Waals surface area (Å²) in [5.41, 5.74) is 2.58. The Morgan fingerprint density at radius 2 is 2.15 bits per heavy atom. The zero-order valence-electron chi connectivity index (χ0n) is 7.31. The SMILES string of the molecule is O=C/C=C/N1CCc2ccccc21. The van der Waals surface area contributed by atoms with E-state index in [-0.39, 0.29) is 0 Å². The first kappa shape index (κ1) is 8.05. The fourth-order valence-electron chi connectivity index (χ4n) is 1.66. The summed E-state index contributed by atoms with van der Waals surface area (Å²) in [5, 5.41) is 0. The summed E-state index contributed by atoms with van der Waals surface area (Å²) < 4.78 is 0. The molecule has 13 heavy (non-hydrogen) atoms. The molecule has 2 nitrogen and oxygen atoms in total. The van der Waals surface area contributed by atoms with Gasteiger partial charge in [-0.15, -0.1) is 0 Å². The van der Waals surface area contributed by atoms with Crippen LogP contribution in [0.25, 0.3) is 0 Å². The van der Waals surface area contributed by atoms with Gasteiger partial charge < -0.3 is 4.90 Å². The molecule has 2 rings (SSSR count). The molecule has 1 aliphatic rings. The molecular formula is C11H11NO. The number of allylic oxidation sites excluding steroid dienone is 1. The van der Waals surface area contributed by atoms with Crippen molar-refractivity contribution in [1.82, 2.24) is 0 Å². The summed E-state index contributed by atoms with van der Waals surface area (Å²) in [7, 11) is 0. The van der Waals surface area contributed by atoms with Crippen molar-refractivity contribution in [2.24, 2.45) is 0 Å². The number of aldehydes is 1. The quantitative estimate of drug-likeness (QED) is 0.501. The summed E-state index contributed by atoms with van der Waals surface area (Å²) in [4.78, 5) is 12.3. The van der Waals surface area contributed by atoms with Crippen molar-refractivity contribution in [1.29, 1.82) is 0 Å². The van der Waals surface area contributed by atoms with E-state index in [0.29, 0.717) is 0 Å². The average molecular weight is 173 g/mol. The molecule has 66 valence electrons. The lowest BCUT2D eigenvalue weighted by Gasteiger charge is -2.12. The van der Waals surface area contributed by atoms with Crippen LogP contribution in [-0.4, -0.2) is 12.8 Å². The third-order valence-corrected chi connectivity index (χ3v) is 2.27. The van der Waals surface area contributed by atoms with Gasteiger partial charge in [0, 0.05) is 18.4 Å². The van der Waals surface area contributed by atoms with E-state index < -0.39 is 0 Å². The lowest BCUT2D eigenvalue weighted by atomic mass is 10.2. The van der Waals surface area contributed by atoms with Crippen LogP contribution in [0.3, 0.4) is 0 Å². The Bertz CT molecular complexity index is 344. The number of carbonyl (C=O) groups excluding carboxylic acids is 1. The van der Waals surface area contributed by atoms with Gasteiger partial charge in [-0.1, -0.05) is 18.2 Å². The Balaban J connectivity index is 2.28. The number of fused-ring (bicyclic) bond motifs is 1. The second-order valence-electron chi connectivity index (χ2n) is 3.05. The molecule has 0 atom stereocenters. The van der Waals surface area contributed by atoms with Crippen LogP contribution < -0.4 is 4.90 Å². The van der Waals surface area contributed by atoms with Gasteiger partial charge in [0.1, 0.15) is 6.29 Å². The number of anilines is 1. The Morgan fingerprint density at radius 3 is 3.00 bits per heavy atom. The smallest absolute Gasteiger partial charge is 0.144 e. The summed E-state index contributed by atoms with van der Waals surface area (Å²) >= 11 is 0.